The molecular formula is C18H22N4O3. The molecule has 0 spiro atoms. The zero-order valence-electron chi connectivity index (χ0n) is 14.5. The summed E-state index contributed by atoms with van der Waals surface area (Å²) in [5.74, 6) is -1.40. The van der Waals surface area contributed by atoms with E-state index in [0.717, 1.165) is 19.6 Å². The van der Waals surface area contributed by atoms with Crippen molar-refractivity contribution in [2.24, 2.45) is 7.05 Å². The summed E-state index contributed by atoms with van der Waals surface area (Å²) in [6, 6.07) is 8.30. The van der Waals surface area contributed by atoms with Crippen LogP contribution in [0.1, 0.15) is 32.0 Å². The van der Waals surface area contributed by atoms with Crippen LogP contribution in [0.2, 0.25) is 0 Å². The van der Waals surface area contributed by atoms with Gasteiger partial charge in [0.2, 0.25) is 0 Å². The van der Waals surface area contributed by atoms with Crippen LogP contribution in [0.5, 0.6) is 0 Å². The fourth-order valence-electron chi connectivity index (χ4n) is 3.16. The lowest BCUT2D eigenvalue weighted by molar-refractivity contribution is 0.0605. The molecule has 1 N–H and O–H groups in total. The highest BCUT2D eigenvalue weighted by atomic mass is 16.4. The van der Waals surface area contributed by atoms with Crippen molar-refractivity contribution in [1.29, 1.82) is 0 Å². The number of carbonyl (C=O) groups excluding carboxylic acids is 1. The summed E-state index contributed by atoms with van der Waals surface area (Å²) in [6.07, 6.45) is 1.34. The first-order valence-electron chi connectivity index (χ1n) is 8.29. The first kappa shape index (κ1) is 17.2. The average molecular weight is 342 g/mol. The molecule has 1 fully saturated rings. The Balaban J connectivity index is 1.64. The van der Waals surface area contributed by atoms with Gasteiger partial charge < -0.3 is 10.0 Å². The summed E-state index contributed by atoms with van der Waals surface area (Å²) in [5.41, 5.74) is 2.65. The van der Waals surface area contributed by atoms with E-state index in [1.54, 1.807) is 4.90 Å². The number of carboxylic acids is 1. The first-order valence-corrected chi connectivity index (χ1v) is 8.29. The second kappa shape index (κ2) is 7.06. The summed E-state index contributed by atoms with van der Waals surface area (Å²) in [4.78, 5) is 28.0. The number of aromatic carboxylic acids is 1. The first-order chi connectivity index (χ1) is 12.0. The Bertz CT molecular complexity index is 791. The van der Waals surface area contributed by atoms with Crippen LogP contribution in [-0.4, -0.2) is 62.7 Å². The average Bonchev–Trinajstić information content (AvgIpc) is 2.99. The number of amides is 1. The molecule has 1 aliphatic heterocycles. The van der Waals surface area contributed by atoms with Gasteiger partial charge in [-0.25, -0.2) is 4.79 Å². The van der Waals surface area contributed by atoms with Gasteiger partial charge in [-0.1, -0.05) is 24.3 Å². The third-order valence-electron chi connectivity index (χ3n) is 4.69. The van der Waals surface area contributed by atoms with E-state index < -0.39 is 5.97 Å². The number of nitrogens with zero attached hydrogens (tertiary/aromatic N) is 4. The van der Waals surface area contributed by atoms with Crippen LogP contribution in [0.25, 0.3) is 0 Å². The minimum atomic E-state index is -1.14. The topological polar surface area (TPSA) is 78.7 Å². The maximum atomic E-state index is 12.6. The van der Waals surface area contributed by atoms with Crippen molar-refractivity contribution in [2.45, 2.75) is 13.5 Å². The molecule has 7 nitrogen and oxygen atoms in total. The molecular weight excluding hydrogens is 320 g/mol. The summed E-state index contributed by atoms with van der Waals surface area (Å²) in [7, 11) is 1.53. The highest BCUT2D eigenvalue weighted by Crippen LogP contribution is 2.16. The van der Waals surface area contributed by atoms with Gasteiger partial charge in [0.1, 0.15) is 0 Å². The molecule has 132 valence electrons. The second-order valence-electron chi connectivity index (χ2n) is 6.33. The van der Waals surface area contributed by atoms with Crippen molar-refractivity contribution < 1.29 is 14.7 Å². The van der Waals surface area contributed by atoms with Crippen LogP contribution in [0, 0.1) is 6.92 Å². The number of hydrogen-bond donors (Lipinski definition) is 1. The highest BCUT2D eigenvalue weighted by Gasteiger charge is 2.28. The lowest BCUT2D eigenvalue weighted by Gasteiger charge is -2.35. The third-order valence-corrected chi connectivity index (χ3v) is 4.69. The fourth-order valence-corrected chi connectivity index (χ4v) is 3.16. The van der Waals surface area contributed by atoms with Crippen molar-refractivity contribution in [1.82, 2.24) is 19.6 Å². The van der Waals surface area contributed by atoms with Crippen molar-refractivity contribution in [3.05, 3.63) is 52.8 Å². The Morgan fingerprint density at radius 3 is 2.48 bits per heavy atom. The number of piperazine rings is 1. The molecule has 1 aromatic heterocycles. The number of carboxylic acid groups (broad SMARTS) is 1. The Labute approximate surface area is 146 Å². The lowest BCUT2D eigenvalue weighted by atomic mass is 10.1. The minimum absolute atomic E-state index is 0.0626. The molecule has 1 saturated heterocycles. The van der Waals surface area contributed by atoms with Crippen molar-refractivity contribution in [3.8, 4) is 0 Å². The molecule has 3 rings (SSSR count). The number of hydrogen-bond acceptors (Lipinski definition) is 4. The van der Waals surface area contributed by atoms with Crippen LogP contribution < -0.4 is 0 Å². The van der Waals surface area contributed by atoms with Crippen molar-refractivity contribution in [3.63, 3.8) is 0 Å². The zero-order chi connectivity index (χ0) is 18.0. The van der Waals surface area contributed by atoms with Crippen molar-refractivity contribution >= 4 is 11.9 Å². The number of aromatic nitrogens is 2. The molecule has 0 atom stereocenters. The minimum Gasteiger partial charge on any atom is -0.477 e. The Morgan fingerprint density at radius 1 is 1.16 bits per heavy atom. The van der Waals surface area contributed by atoms with Crippen LogP contribution >= 0.6 is 0 Å². The predicted octanol–water partition coefficient (Wildman–Crippen LogP) is 1.38. The molecule has 1 aromatic carbocycles. The molecule has 0 bridgehead atoms. The molecule has 0 radical (unpaired) electrons. The molecule has 1 aliphatic rings. The van der Waals surface area contributed by atoms with E-state index in [1.165, 1.54) is 29.1 Å². The lowest BCUT2D eigenvalue weighted by Crippen LogP contribution is -2.48. The number of rotatable bonds is 4. The van der Waals surface area contributed by atoms with E-state index in [0.29, 0.717) is 13.1 Å². The summed E-state index contributed by atoms with van der Waals surface area (Å²) >= 11 is 0. The normalized spacial score (nSPS) is 15.4. The molecule has 0 aliphatic carbocycles. The van der Waals surface area contributed by atoms with E-state index in [1.807, 2.05) is 12.1 Å². The van der Waals surface area contributed by atoms with Gasteiger partial charge in [0, 0.05) is 39.8 Å². The molecule has 7 heteroatoms. The largest absolute Gasteiger partial charge is 0.477 e. The standard InChI is InChI=1S/C18H22N4O3/c1-13-5-3-4-6-14(13)12-21-7-9-22(10-8-21)17(23)15-11-19-20(2)16(15)18(24)25/h3-6,11H,7-10,12H2,1-2H3,(H,24,25). The fraction of sp³-hybridized carbons (Fsp3) is 0.389. The maximum absolute atomic E-state index is 12.6. The quantitative estimate of drug-likeness (QED) is 0.908. The monoisotopic (exact) mass is 342 g/mol. The van der Waals surface area contributed by atoms with Crippen LogP contribution in [0.3, 0.4) is 0 Å². The molecule has 1 amide bonds. The van der Waals surface area contributed by atoms with E-state index in [2.05, 4.69) is 29.1 Å². The van der Waals surface area contributed by atoms with Gasteiger partial charge in [-0.3, -0.25) is 14.4 Å². The summed E-state index contributed by atoms with van der Waals surface area (Å²) < 4.78 is 1.23. The Morgan fingerprint density at radius 2 is 1.84 bits per heavy atom. The number of carbonyl (C=O) groups is 2. The highest BCUT2D eigenvalue weighted by molar-refractivity contribution is 6.03. The molecule has 0 unspecified atom stereocenters. The smallest absolute Gasteiger partial charge is 0.354 e. The molecule has 25 heavy (non-hydrogen) atoms. The molecule has 0 saturated carbocycles. The van der Waals surface area contributed by atoms with E-state index in [4.69, 9.17) is 0 Å². The Hall–Kier alpha value is -2.67. The van der Waals surface area contributed by atoms with Crippen LogP contribution in [0.15, 0.2) is 30.5 Å². The molecule has 2 heterocycles. The molecule has 2 aromatic rings. The zero-order valence-corrected chi connectivity index (χ0v) is 14.5. The number of benzene rings is 1. The SMILES string of the molecule is Cc1ccccc1CN1CCN(C(=O)c2cnn(C)c2C(=O)O)CC1. The third kappa shape index (κ3) is 3.56. The van der Waals surface area contributed by atoms with Crippen molar-refractivity contribution in [2.75, 3.05) is 26.2 Å². The van der Waals surface area contributed by atoms with Crippen LogP contribution in [-0.2, 0) is 13.6 Å². The van der Waals surface area contributed by atoms with Gasteiger partial charge in [-0.2, -0.15) is 5.10 Å². The summed E-state index contributed by atoms with van der Waals surface area (Å²) in [5, 5.41) is 13.2. The number of aryl methyl sites for hydroxylation is 2. The van der Waals surface area contributed by atoms with Gasteiger partial charge >= 0.3 is 5.97 Å². The van der Waals surface area contributed by atoms with Gasteiger partial charge in [-0.05, 0) is 18.1 Å². The Kier molecular flexibility index (Phi) is 4.85. The second-order valence-corrected chi connectivity index (χ2v) is 6.33. The van der Waals surface area contributed by atoms with E-state index in [-0.39, 0.29) is 17.2 Å². The van der Waals surface area contributed by atoms with Gasteiger partial charge in [0.25, 0.3) is 5.91 Å². The predicted molar refractivity (Wildman–Crippen MR) is 92.5 cm³/mol. The van der Waals surface area contributed by atoms with E-state index in [9.17, 15) is 14.7 Å². The maximum Gasteiger partial charge on any atom is 0.354 e. The van der Waals surface area contributed by atoms with Crippen LogP contribution in [0.4, 0.5) is 0 Å². The van der Waals surface area contributed by atoms with E-state index >= 15 is 0 Å². The van der Waals surface area contributed by atoms with Gasteiger partial charge in [-0.15, -0.1) is 0 Å². The van der Waals surface area contributed by atoms with Gasteiger partial charge in [0.05, 0.1) is 11.8 Å². The summed E-state index contributed by atoms with van der Waals surface area (Å²) in [6.45, 7) is 5.66. The van der Waals surface area contributed by atoms with Gasteiger partial charge in [0.15, 0.2) is 5.69 Å².